The van der Waals surface area contributed by atoms with Gasteiger partial charge in [0, 0.05) is 45.0 Å². The van der Waals surface area contributed by atoms with Crippen LogP contribution in [-0.2, 0) is 9.59 Å². The summed E-state index contributed by atoms with van der Waals surface area (Å²) in [5.41, 5.74) is 1.00. The molecule has 2 atom stereocenters. The number of amides is 2. The lowest BCUT2D eigenvalue weighted by atomic mass is 10.1. The Bertz CT molecular complexity index is 643. The van der Waals surface area contributed by atoms with Gasteiger partial charge >= 0.3 is 0 Å². The first-order chi connectivity index (χ1) is 12.5. The zero-order valence-electron chi connectivity index (χ0n) is 15.4. The van der Waals surface area contributed by atoms with Crippen LogP contribution in [-0.4, -0.2) is 73.0 Å². The first kappa shape index (κ1) is 18.6. The smallest absolute Gasteiger partial charge is 0.242 e. The van der Waals surface area contributed by atoms with Crippen molar-refractivity contribution in [1.82, 2.24) is 15.1 Å². The number of carbonyl (C=O) groups excluding carboxylic acids is 2. The van der Waals surface area contributed by atoms with Crippen molar-refractivity contribution in [3.05, 3.63) is 30.1 Å². The highest BCUT2D eigenvalue weighted by Crippen LogP contribution is 2.19. The molecule has 0 aliphatic carbocycles. The van der Waals surface area contributed by atoms with Gasteiger partial charge in [0.1, 0.15) is 11.9 Å². The minimum absolute atomic E-state index is 0.0183. The van der Waals surface area contributed by atoms with Crippen LogP contribution in [0, 0.1) is 5.82 Å². The molecule has 0 spiro atoms. The van der Waals surface area contributed by atoms with E-state index in [0.717, 1.165) is 38.3 Å². The zero-order chi connectivity index (χ0) is 18.7. The minimum atomic E-state index is -0.423. The van der Waals surface area contributed by atoms with Gasteiger partial charge in [0.2, 0.25) is 11.8 Å². The van der Waals surface area contributed by atoms with E-state index in [-0.39, 0.29) is 23.7 Å². The van der Waals surface area contributed by atoms with Crippen LogP contribution in [0.3, 0.4) is 0 Å². The highest BCUT2D eigenvalue weighted by Gasteiger charge is 2.33. The number of anilines is 1. The molecular formula is C19H27FN4O2. The monoisotopic (exact) mass is 362 g/mol. The van der Waals surface area contributed by atoms with Gasteiger partial charge in [-0.05, 0) is 44.5 Å². The maximum atomic E-state index is 13.1. The highest BCUT2D eigenvalue weighted by atomic mass is 19.1. The van der Waals surface area contributed by atoms with Gasteiger partial charge < -0.3 is 15.1 Å². The summed E-state index contributed by atoms with van der Waals surface area (Å²) in [6.07, 6.45) is 0.785. The summed E-state index contributed by atoms with van der Waals surface area (Å²) in [5.74, 6) is -0.295. The number of benzene rings is 1. The second kappa shape index (κ2) is 8.03. The third-order valence-electron chi connectivity index (χ3n) is 5.42. The number of nitrogens with zero attached hydrogens (tertiary/aromatic N) is 3. The second-order valence-electron chi connectivity index (χ2n) is 7.03. The fraction of sp³-hybridized carbons (Fsp3) is 0.579. The quantitative estimate of drug-likeness (QED) is 0.874. The van der Waals surface area contributed by atoms with Crippen molar-refractivity contribution >= 4 is 17.5 Å². The molecule has 6 nitrogen and oxygen atoms in total. The van der Waals surface area contributed by atoms with Crippen LogP contribution in [0.25, 0.3) is 0 Å². The van der Waals surface area contributed by atoms with Crippen molar-refractivity contribution in [3.63, 3.8) is 0 Å². The highest BCUT2D eigenvalue weighted by molar-refractivity contribution is 5.89. The van der Waals surface area contributed by atoms with Crippen molar-refractivity contribution < 1.29 is 14.0 Å². The molecule has 1 N–H and O–H groups in total. The maximum absolute atomic E-state index is 13.1. The molecule has 2 heterocycles. The molecule has 0 unspecified atom stereocenters. The Morgan fingerprint density at radius 1 is 1.15 bits per heavy atom. The normalized spacial score (nSPS) is 23.3. The van der Waals surface area contributed by atoms with Crippen LogP contribution < -0.4 is 10.2 Å². The number of hydrogen-bond acceptors (Lipinski definition) is 4. The van der Waals surface area contributed by atoms with Crippen molar-refractivity contribution in [2.45, 2.75) is 32.4 Å². The Labute approximate surface area is 153 Å². The van der Waals surface area contributed by atoms with Crippen LogP contribution in [0.15, 0.2) is 24.3 Å². The first-order valence-electron chi connectivity index (χ1n) is 9.30. The summed E-state index contributed by atoms with van der Waals surface area (Å²) in [6.45, 7) is 8.05. The third kappa shape index (κ3) is 3.98. The van der Waals surface area contributed by atoms with E-state index in [0.29, 0.717) is 13.1 Å². The molecule has 142 valence electrons. The molecule has 7 heteroatoms. The lowest BCUT2D eigenvalue weighted by Gasteiger charge is -2.40. The summed E-state index contributed by atoms with van der Waals surface area (Å²) in [7, 11) is 0. The van der Waals surface area contributed by atoms with Gasteiger partial charge in [0.05, 0.1) is 6.04 Å². The summed E-state index contributed by atoms with van der Waals surface area (Å²) in [4.78, 5) is 31.0. The standard InChI is InChI=1S/C19H27FN4O2/c1-14-18(25)21-8-3-9-24(14)19(26)15(2)22-10-12-23(13-11-22)17-6-4-16(20)5-7-17/h4-7,14-15H,3,8-13H2,1-2H3,(H,21,25)/t14-,15-/m1/s1. The number of rotatable bonds is 3. The Balaban J connectivity index is 1.58. The molecule has 1 aromatic carbocycles. The van der Waals surface area contributed by atoms with Gasteiger partial charge in [0.15, 0.2) is 0 Å². The molecule has 0 aromatic heterocycles. The van der Waals surface area contributed by atoms with E-state index in [4.69, 9.17) is 0 Å². The SMILES string of the molecule is C[C@H](C(=O)N1CCCNC(=O)[C@H]1C)N1CCN(c2ccc(F)cc2)CC1. The van der Waals surface area contributed by atoms with E-state index in [2.05, 4.69) is 15.1 Å². The number of hydrogen-bond donors (Lipinski definition) is 1. The van der Waals surface area contributed by atoms with Crippen molar-refractivity contribution in [2.24, 2.45) is 0 Å². The minimum Gasteiger partial charge on any atom is -0.369 e. The van der Waals surface area contributed by atoms with E-state index < -0.39 is 6.04 Å². The van der Waals surface area contributed by atoms with E-state index in [9.17, 15) is 14.0 Å². The Morgan fingerprint density at radius 3 is 2.46 bits per heavy atom. The van der Waals surface area contributed by atoms with Gasteiger partial charge in [-0.15, -0.1) is 0 Å². The van der Waals surface area contributed by atoms with E-state index in [1.54, 1.807) is 24.0 Å². The zero-order valence-corrected chi connectivity index (χ0v) is 15.4. The molecule has 0 radical (unpaired) electrons. The van der Waals surface area contributed by atoms with Gasteiger partial charge in [-0.3, -0.25) is 14.5 Å². The third-order valence-corrected chi connectivity index (χ3v) is 5.42. The molecule has 1 aromatic rings. The fourth-order valence-corrected chi connectivity index (χ4v) is 3.66. The lowest BCUT2D eigenvalue weighted by molar-refractivity contribution is -0.142. The summed E-state index contributed by atoms with van der Waals surface area (Å²) in [5, 5.41) is 2.85. The van der Waals surface area contributed by atoms with E-state index in [1.165, 1.54) is 12.1 Å². The largest absolute Gasteiger partial charge is 0.369 e. The van der Waals surface area contributed by atoms with E-state index in [1.807, 2.05) is 6.92 Å². The lowest BCUT2D eigenvalue weighted by Crippen LogP contribution is -2.57. The number of piperazine rings is 1. The Hall–Kier alpha value is -2.15. The summed E-state index contributed by atoms with van der Waals surface area (Å²) < 4.78 is 13.1. The topological polar surface area (TPSA) is 55.9 Å². The van der Waals surface area contributed by atoms with Gasteiger partial charge in [-0.25, -0.2) is 4.39 Å². The average Bonchev–Trinajstić information content (AvgIpc) is 2.83. The van der Waals surface area contributed by atoms with Crippen molar-refractivity contribution in [2.75, 3.05) is 44.2 Å². The maximum Gasteiger partial charge on any atom is 0.242 e. The molecule has 3 rings (SSSR count). The number of nitrogens with one attached hydrogen (secondary N) is 1. The van der Waals surface area contributed by atoms with Crippen LogP contribution >= 0.6 is 0 Å². The Morgan fingerprint density at radius 2 is 1.81 bits per heavy atom. The summed E-state index contributed by atoms with van der Waals surface area (Å²) in [6, 6.07) is 5.85. The second-order valence-corrected chi connectivity index (χ2v) is 7.03. The van der Waals surface area contributed by atoms with Crippen LogP contribution in [0.2, 0.25) is 0 Å². The van der Waals surface area contributed by atoms with Crippen molar-refractivity contribution in [3.8, 4) is 0 Å². The van der Waals surface area contributed by atoms with Crippen LogP contribution in [0.1, 0.15) is 20.3 Å². The van der Waals surface area contributed by atoms with E-state index >= 15 is 0 Å². The molecule has 0 saturated carbocycles. The molecule has 2 fully saturated rings. The number of carbonyl (C=O) groups is 2. The number of halogens is 1. The predicted molar refractivity (Wildman–Crippen MR) is 98.4 cm³/mol. The Kier molecular flexibility index (Phi) is 5.76. The molecular weight excluding hydrogens is 335 g/mol. The van der Waals surface area contributed by atoms with Crippen LogP contribution in [0.4, 0.5) is 10.1 Å². The summed E-state index contributed by atoms with van der Waals surface area (Å²) >= 11 is 0. The molecule has 2 saturated heterocycles. The van der Waals surface area contributed by atoms with Gasteiger partial charge in [-0.2, -0.15) is 0 Å². The average molecular weight is 362 g/mol. The molecule has 2 aliphatic rings. The van der Waals surface area contributed by atoms with Crippen LogP contribution in [0.5, 0.6) is 0 Å². The molecule has 26 heavy (non-hydrogen) atoms. The fourth-order valence-electron chi connectivity index (χ4n) is 3.66. The molecule has 2 aliphatic heterocycles. The van der Waals surface area contributed by atoms with Crippen molar-refractivity contribution in [1.29, 1.82) is 0 Å². The first-order valence-corrected chi connectivity index (χ1v) is 9.30. The molecule has 0 bridgehead atoms. The predicted octanol–water partition coefficient (Wildman–Crippen LogP) is 1.07. The molecule has 2 amide bonds. The van der Waals surface area contributed by atoms with Gasteiger partial charge in [-0.1, -0.05) is 0 Å². The van der Waals surface area contributed by atoms with Gasteiger partial charge in [0.25, 0.3) is 0 Å².